The summed E-state index contributed by atoms with van der Waals surface area (Å²) in [4.78, 5) is 2.16. The van der Waals surface area contributed by atoms with Crippen molar-refractivity contribution in [1.29, 1.82) is 0 Å². The average molecular weight is 209 g/mol. The largest absolute Gasteiger partial charge is 0.345 e. The fraction of sp³-hybridized carbons (Fsp3) is 1.00. The molecule has 0 aliphatic rings. The van der Waals surface area contributed by atoms with Gasteiger partial charge >= 0.3 is 6.61 Å². The van der Waals surface area contributed by atoms with Crippen LogP contribution in [-0.4, -0.2) is 38.3 Å². The highest BCUT2D eigenvalue weighted by Gasteiger charge is 2.09. The van der Waals surface area contributed by atoms with Crippen LogP contribution in [0.3, 0.4) is 0 Å². The van der Waals surface area contributed by atoms with Gasteiger partial charge in [-0.15, -0.1) is 0 Å². The quantitative estimate of drug-likeness (QED) is 0.609. The topological polar surface area (TPSA) is 12.5 Å². The highest BCUT2D eigenvalue weighted by Crippen LogP contribution is 2.04. The molecule has 0 saturated carbocycles. The van der Waals surface area contributed by atoms with Crippen LogP contribution in [0.15, 0.2) is 0 Å². The molecule has 0 rings (SSSR count). The molecule has 0 amide bonds. The zero-order chi connectivity index (χ0) is 11.0. The third kappa shape index (κ3) is 8.38. The first-order valence-corrected chi connectivity index (χ1v) is 5.14. The Bertz CT molecular complexity index is 133. The molecule has 14 heavy (non-hydrogen) atoms. The highest BCUT2D eigenvalue weighted by molar-refractivity contribution is 4.58. The molecule has 0 aliphatic heterocycles. The fourth-order valence-corrected chi connectivity index (χ4v) is 1.34. The highest BCUT2D eigenvalue weighted by atomic mass is 19.3. The smallest absolute Gasteiger partial charge is 0.323 e. The number of unbranched alkanes of at least 4 members (excludes halogenated alkanes) is 1. The Morgan fingerprint density at radius 3 is 2.50 bits per heavy atom. The number of ether oxygens (including phenoxy) is 1. The summed E-state index contributed by atoms with van der Waals surface area (Å²) < 4.78 is 27.6. The van der Waals surface area contributed by atoms with Gasteiger partial charge in [0.2, 0.25) is 0 Å². The van der Waals surface area contributed by atoms with E-state index in [4.69, 9.17) is 0 Å². The van der Waals surface area contributed by atoms with Gasteiger partial charge in [-0.1, -0.05) is 20.3 Å². The first kappa shape index (κ1) is 13.8. The molecule has 2 nitrogen and oxygen atoms in total. The maximum atomic E-state index is 11.7. The number of alkyl halides is 2. The second-order valence-electron chi connectivity index (χ2n) is 3.81. The van der Waals surface area contributed by atoms with E-state index in [2.05, 4.69) is 16.6 Å². The molecule has 0 N–H and O–H groups in total. The van der Waals surface area contributed by atoms with Crippen molar-refractivity contribution in [1.82, 2.24) is 4.90 Å². The molecular weight excluding hydrogens is 188 g/mol. The molecule has 86 valence electrons. The standard InChI is InChI=1S/C10H21F2NO/c1-4-5-6-13(3)7-9(2)8-14-10(11)12/h9-10H,4-8H2,1-3H3. The lowest BCUT2D eigenvalue weighted by atomic mass is 10.2. The lowest BCUT2D eigenvalue weighted by Gasteiger charge is -2.20. The van der Waals surface area contributed by atoms with E-state index in [0.29, 0.717) is 0 Å². The van der Waals surface area contributed by atoms with E-state index in [1.54, 1.807) is 0 Å². The van der Waals surface area contributed by atoms with Gasteiger partial charge in [-0.3, -0.25) is 0 Å². The number of hydrogen-bond acceptors (Lipinski definition) is 2. The first-order valence-electron chi connectivity index (χ1n) is 5.14. The predicted octanol–water partition coefficient (Wildman–Crippen LogP) is 2.59. The van der Waals surface area contributed by atoms with Crippen LogP contribution in [0, 0.1) is 5.92 Å². The Morgan fingerprint density at radius 1 is 1.36 bits per heavy atom. The van der Waals surface area contributed by atoms with E-state index in [1.165, 1.54) is 0 Å². The Hall–Kier alpha value is -0.220. The van der Waals surface area contributed by atoms with Crippen molar-refractivity contribution in [3.63, 3.8) is 0 Å². The number of halogens is 2. The van der Waals surface area contributed by atoms with Crippen molar-refractivity contribution in [2.24, 2.45) is 5.92 Å². The van der Waals surface area contributed by atoms with Crippen LogP contribution >= 0.6 is 0 Å². The van der Waals surface area contributed by atoms with Gasteiger partial charge in [0.15, 0.2) is 0 Å². The second-order valence-corrected chi connectivity index (χ2v) is 3.81. The molecule has 0 aromatic rings. The zero-order valence-electron chi connectivity index (χ0n) is 9.30. The third-order valence-electron chi connectivity index (χ3n) is 2.02. The molecule has 1 atom stereocenters. The van der Waals surface area contributed by atoms with Gasteiger partial charge in [-0.05, 0) is 25.9 Å². The van der Waals surface area contributed by atoms with Crippen molar-refractivity contribution in [3.8, 4) is 0 Å². The van der Waals surface area contributed by atoms with E-state index in [1.807, 2.05) is 14.0 Å². The van der Waals surface area contributed by atoms with Gasteiger partial charge in [0.1, 0.15) is 0 Å². The van der Waals surface area contributed by atoms with E-state index in [-0.39, 0.29) is 12.5 Å². The molecule has 0 bridgehead atoms. The number of nitrogens with zero attached hydrogens (tertiary/aromatic N) is 1. The minimum Gasteiger partial charge on any atom is -0.323 e. The van der Waals surface area contributed by atoms with E-state index in [9.17, 15) is 8.78 Å². The summed E-state index contributed by atoms with van der Waals surface area (Å²) in [6.07, 6.45) is 2.31. The van der Waals surface area contributed by atoms with Crippen LogP contribution < -0.4 is 0 Å². The summed E-state index contributed by atoms with van der Waals surface area (Å²) in [6, 6.07) is 0. The van der Waals surface area contributed by atoms with Gasteiger partial charge in [0.25, 0.3) is 0 Å². The zero-order valence-corrected chi connectivity index (χ0v) is 9.30. The van der Waals surface area contributed by atoms with Crippen LogP contribution in [0.1, 0.15) is 26.7 Å². The number of rotatable bonds is 8. The van der Waals surface area contributed by atoms with Gasteiger partial charge < -0.3 is 9.64 Å². The minimum atomic E-state index is -2.64. The van der Waals surface area contributed by atoms with Crippen molar-refractivity contribution in [2.75, 3.05) is 26.7 Å². The monoisotopic (exact) mass is 209 g/mol. The van der Waals surface area contributed by atoms with E-state index in [0.717, 1.165) is 25.9 Å². The fourth-order valence-electron chi connectivity index (χ4n) is 1.34. The van der Waals surface area contributed by atoms with Crippen LogP contribution in [0.25, 0.3) is 0 Å². The van der Waals surface area contributed by atoms with Crippen molar-refractivity contribution in [3.05, 3.63) is 0 Å². The summed E-state index contributed by atoms with van der Waals surface area (Å²) >= 11 is 0. The molecule has 0 aliphatic carbocycles. The molecule has 0 spiro atoms. The SMILES string of the molecule is CCCCN(C)CC(C)COC(F)F. The normalized spacial score (nSPS) is 13.9. The van der Waals surface area contributed by atoms with Gasteiger partial charge in [-0.2, -0.15) is 8.78 Å². The van der Waals surface area contributed by atoms with Gasteiger partial charge in [0.05, 0.1) is 6.61 Å². The van der Waals surface area contributed by atoms with E-state index >= 15 is 0 Å². The van der Waals surface area contributed by atoms with Crippen molar-refractivity contribution in [2.45, 2.75) is 33.3 Å². The van der Waals surface area contributed by atoms with Crippen molar-refractivity contribution >= 4 is 0 Å². The lowest BCUT2D eigenvalue weighted by molar-refractivity contribution is -0.137. The summed E-state index contributed by atoms with van der Waals surface area (Å²) in [6.45, 7) is 3.39. The molecular formula is C10H21F2NO. The average Bonchev–Trinajstić information content (AvgIpc) is 2.11. The molecule has 0 aromatic heterocycles. The Morgan fingerprint density at radius 2 is 2.00 bits per heavy atom. The van der Waals surface area contributed by atoms with Crippen LogP contribution in [-0.2, 0) is 4.74 Å². The third-order valence-corrected chi connectivity index (χ3v) is 2.02. The summed E-state index contributed by atoms with van der Waals surface area (Å²) in [7, 11) is 2.01. The Balaban J connectivity index is 3.44. The molecule has 0 aromatic carbocycles. The minimum absolute atomic E-state index is 0.133. The molecule has 4 heteroatoms. The van der Waals surface area contributed by atoms with Gasteiger partial charge in [-0.25, -0.2) is 0 Å². The number of hydrogen-bond donors (Lipinski definition) is 0. The summed E-state index contributed by atoms with van der Waals surface area (Å²) in [5, 5.41) is 0. The van der Waals surface area contributed by atoms with Crippen molar-refractivity contribution < 1.29 is 13.5 Å². The maximum Gasteiger partial charge on any atom is 0.345 e. The van der Waals surface area contributed by atoms with Crippen LogP contribution in [0.5, 0.6) is 0 Å². The lowest BCUT2D eigenvalue weighted by Crippen LogP contribution is -2.28. The summed E-state index contributed by atoms with van der Waals surface area (Å²) in [5.74, 6) is 0.158. The van der Waals surface area contributed by atoms with Gasteiger partial charge in [0, 0.05) is 6.54 Å². The molecule has 0 saturated heterocycles. The Labute approximate surface area is 85.2 Å². The molecule has 0 radical (unpaired) electrons. The molecule has 0 fully saturated rings. The van der Waals surface area contributed by atoms with E-state index < -0.39 is 6.61 Å². The second kappa shape index (κ2) is 8.12. The maximum absolute atomic E-state index is 11.7. The Kier molecular flexibility index (Phi) is 7.99. The molecule has 0 heterocycles. The molecule has 1 unspecified atom stereocenters. The predicted molar refractivity (Wildman–Crippen MR) is 53.5 cm³/mol. The van der Waals surface area contributed by atoms with Crippen LogP contribution in [0.2, 0.25) is 0 Å². The van der Waals surface area contributed by atoms with Crippen LogP contribution in [0.4, 0.5) is 8.78 Å². The first-order chi connectivity index (χ1) is 6.56. The summed E-state index contributed by atoms with van der Waals surface area (Å²) in [5.41, 5.74) is 0.